The molecule has 1 aliphatic rings. The fraction of sp³-hybridized carbons (Fsp3) is 0.333. The Labute approximate surface area is 200 Å². The van der Waals surface area contributed by atoms with E-state index >= 15 is 0 Å². The van der Waals surface area contributed by atoms with Crippen LogP contribution in [-0.4, -0.2) is 40.4 Å². The SMILES string of the molecule is O=C([O-])c1ccc[n+](N2ON(COP(=O)([O-])[O-])[C@@H](O)[C@H]2O)c1.[K+].[Na+]. The Hall–Kier alpha value is 1.01. The van der Waals surface area contributed by atoms with Gasteiger partial charge in [0.2, 0.25) is 12.4 Å². The van der Waals surface area contributed by atoms with Crippen LogP contribution in [-0.2, 0) is 14.0 Å². The molecular formula is C9H10KN3NaO9P. The minimum absolute atomic E-state index is 0. The molecule has 122 valence electrons. The first-order valence-corrected chi connectivity index (χ1v) is 7.15. The van der Waals surface area contributed by atoms with E-state index in [1.54, 1.807) is 0 Å². The summed E-state index contributed by atoms with van der Waals surface area (Å²) in [5.41, 5.74) is -0.244. The Kier molecular flexibility index (Phi) is 10.8. The van der Waals surface area contributed by atoms with E-state index in [0.717, 1.165) is 10.9 Å². The number of hydroxylamine groups is 3. The first-order chi connectivity index (χ1) is 10.2. The van der Waals surface area contributed by atoms with Gasteiger partial charge >= 0.3 is 80.9 Å². The topological polar surface area (TPSA) is 173 Å². The fourth-order valence-corrected chi connectivity index (χ4v) is 1.84. The zero-order chi connectivity index (χ0) is 16.5. The van der Waals surface area contributed by atoms with Gasteiger partial charge in [-0.15, -0.1) is 4.94 Å². The molecule has 0 spiro atoms. The van der Waals surface area contributed by atoms with Crippen LogP contribution in [0, 0.1) is 0 Å². The third kappa shape index (κ3) is 6.63. The molecule has 1 aromatic rings. The van der Waals surface area contributed by atoms with Crippen molar-refractivity contribution in [2.24, 2.45) is 0 Å². The van der Waals surface area contributed by atoms with Crippen molar-refractivity contribution in [2.75, 3.05) is 11.9 Å². The minimum atomic E-state index is -5.30. The number of hydrogen-bond acceptors (Lipinski definition) is 11. The van der Waals surface area contributed by atoms with Gasteiger partial charge in [-0.1, -0.05) is 9.74 Å². The summed E-state index contributed by atoms with van der Waals surface area (Å²) in [6.07, 6.45) is -1.19. The third-order valence-corrected chi connectivity index (χ3v) is 3.00. The molecule has 0 saturated carbocycles. The van der Waals surface area contributed by atoms with E-state index in [-0.39, 0.29) is 86.5 Å². The molecule has 0 unspecified atom stereocenters. The van der Waals surface area contributed by atoms with E-state index in [2.05, 4.69) is 4.52 Å². The van der Waals surface area contributed by atoms with Crippen LogP contribution in [0.1, 0.15) is 10.4 Å². The van der Waals surface area contributed by atoms with Crippen molar-refractivity contribution in [3.8, 4) is 0 Å². The molecule has 2 rings (SSSR count). The quantitative estimate of drug-likeness (QED) is 0.274. The number of carboxylic acids is 1. The summed E-state index contributed by atoms with van der Waals surface area (Å²) in [6.45, 7) is -0.972. The molecule has 0 radical (unpaired) electrons. The number of phosphoric acid groups is 1. The number of carboxylic acid groups (broad SMARTS) is 1. The summed E-state index contributed by atoms with van der Waals surface area (Å²) >= 11 is 0. The molecule has 12 nitrogen and oxygen atoms in total. The van der Waals surface area contributed by atoms with Gasteiger partial charge in [-0.05, 0) is 6.07 Å². The number of aromatic nitrogens is 1. The van der Waals surface area contributed by atoms with Crippen molar-refractivity contribution >= 4 is 13.8 Å². The molecule has 15 heteroatoms. The van der Waals surface area contributed by atoms with Gasteiger partial charge in [0.15, 0.2) is 6.23 Å². The number of aliphatic hydroxyl groups excluding tert-OH is 2. The van der Waals surface area contributed by atoms with Crippen LogP contribution in [0.25, 0.3) is 0 Å². The van der Waals surface area contributed by atoms with Gasteiger partial charge in [-0.2, -0.15) is 0 Å². The van der Waals surface area contributed by atoms with Crippen LogP contribution in [0.2, 0.25) is 0 Å². The molecule has 0 bridgehead atoms. The molecule has 0 aromatic carbocycles. The van der Waals surface area contributed by atoms with Gasteiger partial charge in [0.05, 0.1) is 19.4 Å². The number of phosphoric ester groups is 1. The van der Waals surface area contributed by atoms with Crippen molar-refractivity contribution in [3.63, 3.8) is 0 Å². The third-order valence-electron chi connectivity index (χ3n) is 2.57. The van der Waals surface area contributed by atoms with Crippen LogP contribution >= 0.6 is 7.82 Å². The number of carbonyl (C=O) groups excluding carboxylic acids is 1. The monoisotopic (exact) mass is 397 g/mol. The maximum atomic E-state index is 10.8. The summed E-state index contributed by atoms with van der Waals surface area (Å²) < 4.78 is 15.3. The largest absolute Gasteiger partial charge is 1.00 e. The first-order valence-electron chi connectivity index (χ1n) is 5.69. The van der Waals surface area contributed by atoms with Crippen molar-refractivity contribution in [3.05, 3.63) is 30.1 Å². The van der Waals surface area contributed by atoms with E-state index in [1.807, 2.05) is 0 Å². The minimum Gasteiger partial charge on any atom is -0.790 e. The van der Waals surface area contributed by atoms with Gasteiger partial charge < -0.3 is 39.0 Å². The summed E-state index contributed by atoms with van der Waals surface area (Å²) in [4.78, 5) is 36.4. The second kappa shape index (κ2) is 10.4. The van der Waals surface area contributed by atoms with Crippen molar-refractivity contribution in [1.82, 2.24) is 5.06 Å². The summed E-state index contributed by atoms with van der Waals surface area (Å²) in [6, 6.07) is 2.52. The zero-order valence-electron chi connectivity index (χ0n) is 12.7. The van der Waals surface area contributed by atoms with Crippen molar-refractivity contribution in [1.29, 1.82) is 0 Å². The summed E-state index contributed by atoms with van der Waals surface area (Å²) in [5.74, 6) is -1.48. The van der Waals surface area contributed by atoms with Crippen LogP contribution in [0.15, 0.2) is 24.5 Å². The van der Waals surface area contributed by atoms with E-state index in [4.69, 9.17) is 4.94 Å². The normalized spacial score (nSPS) is 21.1. The molecule has 2 heterocycles. The maximum Gasteiger partial charge on any atom is 1.00 e. The summed E-state index contributed by atoms with van der Waals surface area (Å²) in [7, 11) is -5.30. The molecule has 1 fully saturated rings. The molecule has 1 aromatic heterocycles. The maximum absolute atomic E-state index is 10.8. The second-order valence-electron chi connectivity index (χ2n) is 4.09. The van der Waals surface area contributed by atoms with E-state index < -0.39 is 33.0 Å². The number of rotatable bonds is 5. The molecule has 1 saturated heterocycles. The average Bonchev–Trinajstić information content (AvgIpc) is 2.72. The van der Waals surface area contributed by atoms with Gasteiger partial charge in [0, 0.05) is 11.2 Å². The van der Waals surface area contributed by atoms with E-state index in [1.165, 1.54) is 18.3 Å². The number of hydrogen-bond donors (Lipinski definition) is 2. The van der Waals surface area contributed by atoms with Gasteiger partial charge in [0.1, 0.15) is 6.73 Å². The number of aliphatic hydroxyl groups is 2. The Morgan fingerprint density at radius 2 is 2.04 bits per heavy atom. The zero-order valence-corrected chi connectivity index (χ0v) is 18.7. The number of aromatic carboxylic acids is 1. The smallest absolute Gasteiger partial charge is 0.790 e. The molecule has 2 N–H and O–H groups in total. The molecule has 0 amide bonds. The van der Waals surface area contributed by atoms with Crippen molar-refractivity contribution in [2.45, 2.75) is 12.5 Å². The molecule has 1 aliphatic heterocycles. The molecule has 24 heavy (non-hydrogen) atoms. The molecular weight excluding hydrogens is 387 g/mol. The second-order valence-corrected chi connectivity index (χ2v) is 5.25. The standard InChI is InChI=1S/C9H12N3O9P.K.Na/c13-7-8(14)12(21-11(7)5-20-22(17,18)19)10-3-1-2-6(4-10)9(15)16;;/h1-4,7-8,13-14H,5H2,(H2-,15,16,17,18,19);;/q;2*+1/p-2/t7-,8+;;/m0../s1. The summed E-state index contributed by atoms with van der Waals surface area (Å²) in [5, 5.41) is 31.3. The fourth-order valence-electron chi connectivity index (χ4n) is 1.58. The van der Waals surface area contributed by atoms with E-state index in [9.17, 15) is 34.5 Å². The van der Waals surface area contributed by atoms with E-state index in [0.29, 0.717) is 10.2 Å². The average molecular weight is 397 g/mol. The Bertz CT molecular complexity index is 620. The van der Waals surface area contributed by atoms with Crippen LogP contribution < -0.4 is 106 Å². The molecule has 0 aliphatic carbocycles. The number of carbonyl (C=O) groups is 1. The predicted octanol–water partition coefficient (Wildman–Crippen LogP) is -11.1. The predicted molar refractivity (Wildman–Crippen MR) is 57.7 cm³/mol. The van der Waals surface area contributed by atoms with Crippen LogP contribution in [0.4, 0.5) is 0 Å². The van der Waals surface area contributed by atoms with Gasteiger partial charge in [0.25, 0.3) is 6.23 Å². The molecule has 2 atom stereocenters. The van der Waals surface area contributed by atoms with Crippen molar-refractivity contribution < 1.29 is 130 Å². The Morgan fingerprint density at radius 1 is 1.42 bits per heavy atom. The van der Waals surface area contributed by atoms with Gasteiger partial charge in [-0.3, -0.25) is 0 Å². The number of pyridine rings is 1. The van der Waals surface area contributed by atoms with Crippen LogP contribution in [0.3, 0.4) is 0 Å². The first kappa shape index (κ1) is 25.0. The van der Waals surface area contributed by atoms with Crippen LogP contribution in [0.5, 0.6) is 0 Å². The Balaban J connectivity index is 0.00000264. The Morgan fingerprint density at radius 3 is 2.58 bits per heavy atom. The van der Waals surface area contributed by atoms with Gasteiger partial charge in [-0.25, -0.2) is 0 Å². The number of nitrogens with zero attached hydrogens (tertiary/aromatic N) is 3.